The van der Waals surface area contributed by atoms with Gasteiger partial charge in [-0.05, 0) is 41.5 Å². The smallest absolute Gasteiger partial charge is 0.243 e. The average Bonchev–Trinajstić information content (AvgIpc) is 3.01. The molecule has 0 aromatic heterocycles. The van der Waals surface area contributed by atoms with E-state index in [4.69, 9.17) is 11.6 Å². The number of amides is 1. The second-order valence-corrected chi connectivity index (χ2v) is 6.39. The number of hydrogen-bond acceptors (Lipinski definition) is 1. The summed E-state index contributed by atoms with van der Waals surface area (Å²) in [6, 6.07) is 27.2. The molecule has 0 saturated heterocycles. The van der Waals surface area contributed by atoms with Crippen molar-refractivity contribution < 1.29 is 4.79 Å². The van der Waals surface area contributed by atoms with Crippen LogP contribution in [0, 0.1) is 0 Å². The summed E-state index contributed by atoms with van der Waals surface area (Å²) in [6.45, 7) is 0. The van der Waals surface area contributed by atoms with Crippen molar-refractivity contribution in [2.75, 3.05) is 4.90 Å². The Bertz CT molecular complexity index is 917. The zero-order valence-corrected chi connectivity index (χ0v) is 14.2. The molecular weight excluding hydrogens is 330 g/mol. The van der Waals surface area contributed by atoms with Crippen molar-refractivity contribution in [1.29, 1.82) is 0 Å². The Balaban J connectivity index is 1.82. The summed E-state index contributed by atoms with van der Waals surface area (Å²) >= 11 is 5.99. The molecular formula is C22H16ClNO. The number of nitrogens with zero attached hydrogens (tertiary/aromatic N) is 1. The zero-order valence-electron chi connectivity index (χ0n) is 13.5. The largest absolute Gasteiger partial charge is 0.280 e. The van der Waals surface area contributed by atoms with Crippen LogP contribution in [0.25, 0.3) is 5.70 Å². The van der Waals surface area contributed by atoms with Gasteiger partial charge in [0.25, 0.3) is 0 Å². The summed E-state index contributed by atoms with van der Waals surface area (Å²) < 4.78 is 0. The van der Waals surface area contributed by atoms with Crippen LogP contribution >= 0.6 is 11.6 Å². The Labute approximate surface area is 152 Å². The molecule has 1 aliphatic rings. The normalized spacial score (nSPS) is 16.8. The lowest BCUT2D eigenvalue weighted by Gasteiger charge is -2.22. The average molecular weight is 346 g/mol. The molecule has 25 heavy (non-hydrogen) atoms. The third-order valence-corrected chi connectivity index (χ3v) is 4.62. The fourth-order valence-corrected chi connectivity index (χ4v) is 3.27. The van der Waals surface area contributed by atoms with Gasteiger partial charge in [-0.1, -0.05) is 72.3 Å². The maximum Gasteiger partial charge on any atom is 0.243 e. The fraction of sp³-hybridized carbons (Fsp3) is 0.0455. The molecule has 3 aromatic carbocycles. The quantitative estimate of drug-likeness (QED) is 0.612. The number of para-hydroxylation sites is 1. The second kappa shape index (κ2) is 6.58. The van der Waals surface area contributed by atoms with Crippen LogP contribution in [0.15, 0.2) is 91.0 Å². The van der Waals surface area contributed by atoms with Crippen LogP contribution in [-0.2, 0) is 4.79 Å². The third kappa shape index (κ3) is 2.97. The lowest BCUT2D eigenvalue weighted by atomic mass is 9.99. The van der Waals surface area contributed by atoms with Gasteiger partial charge in [0, 0.05) is 10.7 Å². The van der Waals surface area contributed by atoms with Gasteiger partial charge in [-0.15, -0.1) is 0 Å². The van der Waals surface area contributed by atoms with Crippen LogP contribution < -0.4 is 4.90 Å². The van der Waals surface area contributed by atoms with E-state index in [1.54, 1.807) is 4.90 Å². The molecule has 0 fully saturated rings. The molecule has 1 aliphatic heterocycles. The number of anilines is 1. The van der Waals surface area contributed by atoms with E-state index in [2.05, 4.69) is 0 Å². The first-order valence-electron chi connectivity index (χ1n) is 8.16. The van der Waals surface area contributed by atoms with E-state index in [0.717, 1.165) is 22.5 Å². The highest BCUT2D eigenvalue weighted by atomic mass is 35.5. The fourth-order valence-electron chi connectivity index (χ4n) is 3.15. The van der Waals surface area contributed by atoms with Crippen LogP contribution in [0.1, 0.15) is 17.0 Å². The van der Waals surface area contributed by atoms with Gasteiger partial charge in [-0.3, -0.25) is 9.69 Å². The highest BCUT2D eigenvalue weighted by Crippen LogP contribution is 2.38. The Morgan fingerprint density at radius 3 is 2.00 bits per heavy atom. The van der Waals surface area contributed by atoms with Crippen molar-refractivity contribution in [1.82, 2.24) is 0 Å². The van der Waals surface area contributed by atoms with Crippen LogP contribution in [0.5, 0.6) is 0 Å². The van der Waals surface area contributed by atoms with Crippen molar-refractivity contribution in [2.24, 2.45) is 0 Å². The Hall–Kier alpha value is -2.84. The topological polar surface area (TPSA) is 20.3 Å². The van der Waals surface area contributed by atoms with Crippen molar-refractivity contribution in [3.63, 3.8) is 0 Å². The summed E-state index contributed by atoms with van der Waals surface area (Å²) in [6.07, 6.45) is 2.04. The third-order valence-electron chi connectivity index (χ3n) is 4.36. The van der Waals surface area contributed by atoms with Gasteiger partial charge in [0.2, 0.25) is 5.91 Å². The summed E-state index contributed by atoms with van der Waals surface area (Å²) in [4.78, 5) is 15.0. The molecule has 0 N–H and O–H groups in total. The first kappa shape index (κ1) is 15.7. The van der Waals surface area contributed by atoms with E-state index < -0.39 is 0 Å². The molecule has 4 rings (SSSR count). The molecule has 0 radical (unpaired) electrons. The lowest BCUT2D eigenvalue weighted by Crippen LogP contribution is -2.27. The Morgan fingerprint density at radius 1 is 0.760 bits per heavy atom. The molecule has 122 valence electrons. The Morgan fingerprint density at radius 2 is 1.36 bits per heavy atom. The number of benzene rings is 3. The van der Waals surface area contributed by atoms with Gasteiger partial charge < -0.3 is 0 Å². The minimum absolute atomic E-state index is 0.0485. The van der Waals surface area contributed by atoms with Gasteiger partial charge in [-0.25, -0.2) is 0 Å². The predicted molar refractivity (Wildman–Crippen MR) is 103 cm³/mol. The monoisotopic (exact) mass is 345 g/mol. The highest BCUT2D eigenvalue weighted by molar-refractivity contribution is 6.30. The first-order valence-corrected chi connectivity index (χ1v) is 8.53. The van der Waals surface area contributed by atoms with E-state index in [1.807, 2.05) is 91.0 Å². The molecule has 3 aromatic rings. The van der Waals surface area contributed by atoms with E-state index in [9.17, 15) is 4.79 Å². The molecule has 1 heterocycles. The maximum atomic E-state index is 13.2. The SMILES string of the molecule is O=C1C(c2ccc(Cl)cc2)C=C(c2ccccc2)N1c1ccccc1. The van der Waals surface area contributed by atoms with Crippen LogP contribution in [-0.4, -0.2) is 5.91 Å². The van der Waals surface area contributed by atoms with Crippen molar-refractivity contribution >= 4 is 28.9 Å². The number of hydrogen-bond donors (Lipinski definition) is 0. The summed E-state index contributed by atoms with van der Waals surface area (Å²) in [5, 5.41) is 0.668. The van der Waals surface area contributed by atoms with Gasteiger partial charge in [0.05, 0.1) is 11.6 Å². The molecule has 1 amide bonds. The Kier molecular flexibility index (Phi) is 4.12. The standard InChI is InChI=1S/C22H16ClNO/c23-18-13-11-16(12-14-18)20-15-21(17-7-3-1-4-8-17)24(22(20)25)19-9-5-2-6-10-19/h1-15,20H. The minimum atomic E-state index is -0.312. The highest BCUT2D eigenvalue weighted by Gasteiger charge is 2.35. The molecule has 2 nitrogen and oxygen atoms in total. The first-order chi connectivity index (χ1) is 12.2. The number of carbonyl (C=O) groups is 1. The molecule has 1 unspecified atom stereocenters. The van der Waals surface area contributed by atoms with Crippen LogP contribution in [0.2, 0.25) is 5.02 Å². The molecule has 0 bridgehead atoms. The molecule has 0 aliphatic carbocycles. The van der Waals surface area contributed by atoms with Crippen LogP contribution in [0.3, 0.4) is 0 Å². The van der Waals surface area contributed by atoms with Gasteiger partial charge in [0.15, 0.2) is 0 Å². The molecule has 1 atom stereocenters. The van der Waals surface area contributed by atoms with Gasteiger partial charge in [-0.2, -0.15) is 0 Å². The lowest BCUT2D eigenvalue weighted by molar-refractivity contribution is -0.117. The van der Waals surface area contributed by atoms with E-state index in [-0.39, 0.29) is 11.8 Å². The number of rotatable bonds is 3. The minimum Gasteiger partial charge on any atom is -0.280 e. The van der Waals surface area contributed by atoms with Crippen LogP contribution in [0.4, 0.5) is 5.69 Å². The maximum absolute atomic E-state index is 13.2. The van der Waals surface area contributed by atoms with Gasteiger partial charge >= 0.3 is 0 Å². The molecule has 0 saturated carbocycles. The summed E-state index contributed by atoms with van der Waals surface area (Å²) in [5.41, 5.74) is 3.76. The van der Waals surface area contributed by atoms with Gasteiger partial charge in [0.1, 0.15) is 0 Å². The zero-order chi connectivity index (χ0) is 17.2. The van der Waals surface area contributed by atoms with Crippen molar-refractivity contribution in [3.8, 4) is 0 Å². The summed E-state index contributed by atoms with van der Waals surface area (Å²) in [5.74, 6) is -0.264. The van der Waals surface area contributed by atoms with E-state index in [1.165, 1.54) is 0 Å². The number of halogens is 1. The number of carbonyl (C=O) groups excluding carboxylic acids is 1. The molecule has 0 spiro atoms. The van der Waals surface area contributed by atoms with E-state index >= 15 is 0 Å². The molecule has 3 heteroatoms. The van der Waals surface area contributed by atoms with E-state index in [0.29, 0.717) is 5.02 Å². The van der Waals surface area contributed by atoms with Crippen molar-refractivity contribution in [2.45, 2.75) is 5.92 Å². The second-order valence-electron chi connectivity index (χ2n) is 5.96. The van der Waals surface area contributed by atoms with Crippen molar-refractivity contribution in [3.05, 3.63) is 107 Å². The summed E-state index contributed by atoms with van der Waals surface area (Å²) in [7, 11) is 0. The predicted octanol–water partition coefficient (Wildman–Crippen LogP) is 5.51.